The third-order valence-corrected chi connectivity index (χ3v) is 8.03. The van der Waals surface area contributed by atoms with E-state index in [-0.39, 0.29) is 43.0 Å². The molecule has 3 rings (SSSR count). The molecule has 1 aromatic heterocycles. The standard InChI is InChI=1S/C20H20N.C15H28O2.Ir/c1-13(2)16-5-6-19-17(12-16)7-8-21-20(19)18-10-14(3)9-15(4)11-18;1-6-12(7-2)13(16)11-14(17)15(8-3,9-4)10-5;/h5-10,12-13H,1-4H3;11-12,16H,6-10H2,1-5H3;/q-1;;/b;13-11-;/i8D;;. The average molecular weight is 708 g/mol. The number of benzene rings is 2. The first-order valence-electron chi connectivity index (χ1n) is 14.8. The molecule has 0 amide bonds. The molecule has 0 unspecified atom stereocenters. The Bertz CT molecular complexity index is 1260. The molecule has 4 heteroatoms. The molecule has 0 aliphatic rings. The van der Waals surface area contributed by atoms with E-state index < -0.39 is 0 Å². The number of allylic oxidation sites excluding steroid dienone is 2. The van der Waals surface area contributed by atoms with Gasteiger partial charge in [0.05, 0.1) is 7.13 Å². The first-order chi connectivity index (χ1) is 18.4. The van der Waals surface area contributed by atoms with Crippen molar-refractivity contribution in [3.8, 4) is 11.3 Å². The molecule has 0 aliphatic carbocycles. The van der Waals surface area contributed by atoms with Crippen LogP contribution in [0.3, 0.4) is 0 Å². The maximum atomic E-state index is 12.3. The van der Waals surface area contributed by atoms with Gasteiger partial charge in [0.25, 0.3) is 0 Å². The largest absolute Gasteiger partial charge is 0.512 e. The average Bonchev–Trinajstić information content (AvgIpc) is 2.89. The van der Waals surface area contributed by atoms with Crippen LogP contribution in [0, 0.1) is 31.2 Å². The number of aliphatic hydroxyl groups excluding tert-OH is 1. The Kier molecular flexibility index (Phi) is 13.6. The van der Waals surface area contributed by atoms with Gasteiger partial charge in [-0.2, -0.15) is 0 Å². The van der Waals surface area contributed by atoms with Crippen LogP contribution in [0.15, 0.2) is 54.4 Å². The molecule has 0 aliphatic heterocycles. The van der Waals surface area contributed by atoms with E-state index in [1.807, 2.05) is 47.6 Å². The molecular formula is C35H48IrNO2-. The van der Waals surface area contributed by atoms with Crippen molar-refractivity contribution in [3.63, 3.8) is 0 Å². The predicted molar refractivity (Wildman–Crippen MR) is 163 cm³/mol. The van der Waals surface area contributed by atoms with Crippen LogP contribution in [0.4, 0.5) is 0 Å². The van der Waals surface area contributed by atoms with Gasteiger partial charge in [-0.05, 0) is 66.1 Å². The molecule has 3 aromatic rings. The summed E-state index contributed by atoms with van der Waals surface area (Å²) in [5, 5.41) is 12.1. The Balaban J connectivity index is 0.000000406. The van der Waals surface area contributed by atoms with Gasteiger partial charge in [-0.3, -0.25) is 4.79 Å². The smallest absolute Gasteiger partial charge is 0.165 e. The first kappa shape index (κ1) is 32.9. The first-order valence-corrected chi connectivity index (χ1v) is 14.3. The van der Waals surface area contributed by atoms with Crippen LogP contribution >= 0.6 is 0 Å². The van der Waals surface area contributed by atoms with Gasteiger partial charge in [0.15, 0.2) is 5.78 Å². The number of carbonyl (C=O) groups excluding carboxylic acids is 1. The molecule has 1 N–H and O–H groups in total. The Morgan fingerprint density at radius 1 is 1.03 bits per heavy atom. The van der Waals surface area contributed by atoms with Crippen LogP contribution in [0.5, 0.6) is 0 Å². The quantitative estimate of drug-likeness (QED) is 0.130. The zero-order valence-corrected chi connectivity index (χ0v) is 27.8. The van der Waals surface area contributed by atoms with Crippen molar-refractivity contribution in [2.24, 2.45) is 11.3 Å². The van der Waals surface area contributed by atoms with E-state index in [0.29, 0.717) is 12.1 Å². The van der Waals surface area contributed by atoms with Crippen LogP contribution in [0.2, 0.25) is 0 Å². The zero-order chi connectivity index (χ0) is 29.3. The number of ketones is 1. The maximum Gasteiger partial charge on any atom is 0.165 e. The van der Waals surface area contributed by atoms with Gasteiger partial charge in [0.1, 0.15) is 0 Å². The minimum Gasteiger partial charge on any atom is -0.512 e. The summed E-state index contributed by atoms with van der Waals surface area (Å²) in [5.41, 5.74) is 5.11. The second kappa shape index (κ2) is 16.1. The Morgan fingerprint density at radius 3 is 2.15 bits per heavy atom. The summed E-state index contributed by atoms with van der Waals surface area (Å²) in [6.45, 7) is 18.7. The van der Waals surface area contributed by atoms with Crippen LogP contribution in [-0.2, 0) is 24.9 Å². The van der Waals surface area contributed by atoms with E-state index in [2.05, 4.69) is 62.2 Å². The van der Waals surface area contributed by atoms with Crippen molar-refractivity contribution in [1.29, 1.82) is 0 Å². The molecular weight excluding hydrogens is 659 g/mol. The summed E-state index contributed by atoms with van der Waals surface area (Å²) in [6, 6.07) is 15.9. The van der Waals surface area contributed by atoms with Gasteiger partial charge in [0.2, 0.25) is 0 Å². The van der Waals surface area contributed by atoms with E-state index in [1.165, 1.54) is 17.2 Å². The fraction of sp³-hybridized carbons (Fsp3) is 0.486. The number of pyridine rings is 1. The number of hydrogen-bond donors (Lipinski definition) is 1. The molecule has 1 heterocycles. The summed E-state index contributed by atoms with van der Waals surface area (Å²) >= 11 is 0. The van der Waals surface area contributed by atoms with E-state index >= 15 is 0 Å². The Hall–Kier alpha value is -2.29. The van der Waals surface area contributed by atoms with Crippen LogP contribution in [0.25, 0.3) is 22.0 Å². The van der Waals surface area contributed by atoms with Gasteiger partial charge < -0.3 is 10.1 Å². The topological polar surface area (TPSA) is 50.2 Å². The molecule has 0 bridgehead atoms. The molecule has 3 nitrogen and oxygen atoms in total. The molecule has 0 saturated carbocycles. The number of aryl methyl sites for hydroxylation is 2. The van der Waals surface area contributed by atoms with Crippen molar-refractivity contribution >= 4 is 16.6 Å². The minimum atomic E-state index is -0.278. The van der Waals surface area contributed by atoms with Crippen molar-refractivity contribution in [3.05, 3.63) is 77.2 Å². The van der Waals surface area contributed by atoms with E-state index in [0.717, 1.165) is 59.7 Å². The predicted octanol–water partition coefficient (Wildman–Crippen LogP) is 10.1. The number of hydrogen-bond acceptors (Lipinski definition) is 3. The normalized spacial score (nSPS) is 12.2. The zero-order valence-electron chi connectivity index (χ0n) is 26.4. The molecule has 0 saturated heterocycles. The Labute approximate surface area is 252 Å². The molecule has 2 aromatic carbocycles. The number of nitrogens with zero attached hydrogens (tertiary/aromatic N) is 1. The summed E-state index contributed by atoms with van der Waals surface area (Å²) in [6.07, 6.45) is 6.06. The van der Waals surface area contributed by atoms with Crippen LogP contribution in [0.1, 0.15) is 105 Å². The number of carbonyl (C=O) groups is 1. The fourth-order valence-electron chi connectivity index (χ4n) is 5.12. The van der Waals surface area contributed by atoms with Crippen molar-refractivity contribution in [1.82, 2.24) is 4.98 Å². The molecule has 39 heavy (non-hydrogen) atoms. The number of aromatic nitrogens is 1. The van der Waals surface area contributed by atoms with Crippen LogP contribution in [-0.4, -0.2) is 15.9 Å². The van der Waals surface area contributed by atoms with E-state index in [4.69, 9.17) is 1.37 Å². The SMILES string of the molecule is CCC(CC)/C(O)=C/C(=O)C(CC)(CC)CC.[2H]c1cc2cc(C(C)C)ccc2c(-c2[c-]c(C)cc(C)c2)n1.[Ir]. The number of fused-ring (bicyclic) bond motifs is 1. The van der Waals surface area contributed by atoms with Crippen molar-refractivity contribution in [2.45, 2.75) is 100 Å². The summed E-state index contributed by atoms with van der Waals surface area (Å²) in [5.74, 6) is 0.958. The number of rotatable bonds is 10. The summed E-state index contributed by atoms with van der Waals surface area (Å²) < 4.78 is 8.03. The summed E-state index contributed by atoms with van der Waals surface area (Å²) in [4.78, 5) is 16.7. The van der Waals surface area contributed by atoms with Gasteiger partial charge in [-0.15, -0.1) is 34.9 Å². The summed E-state index contributed by atoms with van der Waals surface area (Å²) in [7, 11) is 0. The van der Waals surface area contributed by atoms with Gasteiger partial charge in [-0.25, -0.2) is 0 Å². The number of aliphatic hydroxyl groups is 1. The second-order valence-corrected chi connectivity index (χ2v) is 10.8. The molecule has 215 valence electrons. The third-order valence-electron chi connectivity index (χ3n) is 8.03. The van der Waals surface area contributed by atoms with Gasteiger partial charge in [-0.1, -0.05) is 80.5 Å². The maximum absolute atomic E-state index is 12.3. The third kappa shape index (κ3) is 8.85. The molecule has 1 radical (unpaired) electrons. The van der Waals surface area contributed by atoms with E-state index in [9.17, 15) is 9.90 Å². The minimum absolute atomic E-state index is 0. The Morgan fingerprint density at radius 2 is 1.64 bits per heavy atom. The van der Waals surface area contributed by atoms with Crippen molar-refractivity contribution in [2.75, 3.05) is 0 Å². The second-order valence-electron chi connectivity index (χ2n) is 10.8. The van der Waals surface area contributed by atoms with E-state index in [1.54, 1.807) is 0 Å². The molecule has 0 fully saturated rings. The van der Waals surface area contributed by atoms with Gasteiger partial charge >= 0.3 is 0 Å². The molecule has 0 spiro atoms. The van der Waals surface area contributed by atoms with Gasteiger partial charge in [0, 0.05) is 43.7 Å². The van der Waals surface area contributed by atoms with Crippen molar-refractivity contribution < 1.29 is 31.4 Å². The van der Waals surface area contributed by atoms with Crippen LogP contribution < -0.4 is 0 Å². The fourth-order valence-corrected chi connectivity index (χ4v) is 5.12. The molecule has 0 atom stereocenters. The monoisotopic (exact) mass is 708 g/mol.